The highest BCUT2D eigenvalue weighted by molar-refractivity contribution is 5.83. The van der Waals surface area contributed by atoms with Gasteiger partial charge in [0.15, 0.2) is 0 Å². The maximum Gasteiger partial charge on any atom is 0.125 e. The van der Waals surface area contributed by atoms with Crippen LogP contribution in [0.5, 0.6) is 11.5 Å². The molecule has 2 heterocycles. The van der Waals surface area contributed by atoms with Crippen LogP contribution in [0, 0.1) is 11.8 Å². The second kappa shape index (κ2) is 26.7. The van der Waals surface area contributed by atoms with Gasteiger partial charge in [-0.15, -0.1) is 0 Å². The van der Waals surface area contributed by atoms with Gasteiger partial charge in [0.2, 0.25) is 0 Å². The fourth-order valence-electron chi connectivity index (χ4n) is 12.9. The number of nitrogens with zero attached hydrogens (tertiary/aromatic N) is 4. The van der Waals surface area contributed by atoms with Crippen molar-refractivity contribution in [3.8, 4) is 11.5 Å². The summed E-state index contributed by atoms with van der Waals surface area (Å²) < 4.78 is 12.0. The average molecular weight is 1010 g/mol. The molecule has 8 unspecified atom stereocenters. The maximum atomic E-state index is 11.7. The van der Waals surface area contributed by atoms with Gasteiger partial charge in [-0.3, -0.25) is 0 Å². The zero-order valence-corrected chi connectivity index (χ0v) is 46.1. The first-order valence-corrected chi connectivity index (χ1v) is 29.2. The van der Waals surface area contributed by atoms with E-state index in [9.17, 15) is 20.4 Å². The number of anilines is 4. The van der Waals surface area contributed by atoms with E-state index in [4.69, 9.17) is 9.47 Å². The summed E-state index contributed by atoms with van der Waals surface area (Å²) in [7, 11) is 3.38. The number of hydrogen-bond donors (Lipinski definition) is 4. The van der Waals surface area contributed by atoms with Gasteiger partial charge in [0.1, 0.15) is 17.3 Å². The van der Waals surface area contributed by atoms with E-state index < -0.39 is 12.2 Å². The summed E-state index contributed by atoms with van der Waals surface area (Å²) in [5.74, 6) is 1.14. The molecule has 404 valence electrons. The van der Waals surface area contributed by atoms with Gasteiger partial charge >= 0.3 is 0 Å². The Balaban J connectivity index is 0.858. The van der Waals surface area contributed by atoms with Crippen molar-refractivity contribution in [3.05, 3.63) is 113 Å². The predicted molar refractivity (Wildman–Crippen MR) is 306 cm³/mol. The maximum absolute atomic E-state index is 11.7. The first-order chi connectivity index (χ1) is 36.1. The molecule has 10 heteroatoms. The number of hydrogen-bond acceptors (Lipinski definition) is 10. The Kier molecular flexibility index (Phi) is 20.0. The van der Waals surface area contributed by atoms with Crippen molar-refractivity contribution in [1.29, 1.82) is 0 Å². The molecule has 4 aliphatic rings. The minimum Gasteiger partial charge on any atom is -0.508 e. The molecule has 10 nitrogen and oxygen atoms in total. The van der Waals surface area contributed by atoms with Crippen LogP contribution in [-0.4, -0.2) is 105 Å². The van der Waals surface area contributed by atoms with E-state index in [1.807, 2.05) is 24.3 Å². The van der Waals surface area contributed by atoms with Crippen molar-refractivity contribution >= 4 is 28.3 Å². The molecule has 0 aromatic heterocycles. The highest BCUT2D eigenvalue weighted by Gasteiger charge is 2.52. The fourth-order valence-corrected chi connectivity index (χ4v) is 12.9. The molecule has 74 heavy (non-hydrogen) atoms. The normalized spacial score (nSPS) is 23.2. The Morgan fingerprint density at radius 3 is 1.38 bits per heavy atom. The summed E-state index contributed by atoms with van der Waals surface area (Å²) in [5.41, 5.74) is 8.54. The molecule has 4 aromatic rings. The zero-order valence-electron chi connectivity index (χ0n) is 46.1. The quantitative estimate of drug-likeness (QED) is 0.0377. The average Bonchev–Trinajstić information content (AvgIpc) is 4.02. The van der Waals surface area contributed by atoms with Crippen molar-refractivity contribution in [2.45, 2.75) is 166 Å². The zero-order chi connectivity index (χ0) is 52.1. The molecule has 4 N–H and O–H groups in total. The molecule has 4 aromatic carbocycles. The molecule has 8 rings (SSSR count). The Morgan fingerprint density at radius 2 is 0.959 bits per heavy atom. The van der Waals surface area contributed by atoms with Gasteiger partial charge in [0.05, 0.1) is 31.3 Å². The van der Waals surface area contributed by atoms with Gasteiger partial charge < -0.3 is 49.5 Å². The first-order valence-electron chi connectivity index (χ1n) is 29.2. The fraction of sp³-hybridized carbons (Fsp3) is 0.594. The molecular formula is C64H92N4O6. The molecule has 1 saturated carbocycles. The Morgan fingerprint density at radius 1 is 0.514 bits per heavy atom. The lowest BCUT2D eigenvalue weighted by Gasteiger charge is -2.49. The summed E-state index contributed by atoms with van der Waals surface area (Å²) >= 11 is 0. The number of methoxy groups -OCH3 is 2. The first kappa shape index (κ1) is 55.3. The van der Waals surface area contributed by atoms with Gasteiger partial charge in [0.25, 0.3) is 0 Å². The summed E-state index contributed by atoms with van der Waals surface area (Å²) in [5, 5.41) is 46.4. The Labute approximate surface area is 445 Å². The lowest BCUT2D eigenvalue weighted by Crippen LogP contribution is -2.52. The number of phenols is 2. The molecule has 2 saturated heterocycles. The summed E-state index contributed by atoms with van der Waals surface area (Å²) in [4.78, 5) is 9.82. The molecule has 2 aliphatic heterocycles. The van der Waals surface area contributed by atoms with Crippen molar-refractivity contribution in [1.82, 2.24) is 0 Å². The van der Waals surface area contributed by atoms with E-state index in [1.54, 1.807) is 14.2 Å². The number of unbranched alkanes of at least 4 members (excludes halogenated alkanes) is 12. The van der Waals surface area contributed by atoms with E-state index in [1.165, 1.54) is 114 Å². The van der Waals surface area contributed by atoms with Crippen LogP contribution in [0.2, 0.25) is 0 Å². The number of aromatic hydroxyl groups is 2. The van der Waals surface area contributed by atoms with Gasteiger partial charge in [-0.05, 0) is 79.3 Å². The third-order valence-electron chi connectivity index (χ3n) is 17.3. The number of fused-ring (bicyclic) bond motifs is 1. The second-order valence-electron chi connectivity index (χ2n) is 22.3. The van der Waals surface area contributed by atoms with Crippen LogP contribution in [0.3, 0.4) is 0 Å². The van der Waals surface area contributed by atoms with E-state index >= 15 is 0 Å². The van der Waals surface area contributed by atoms with E-state index in [2.05, 4.69) is 108 Å². The lowest BCUT2D eigenvalue weighted by atomic mass is 9.63. The standard InChI is InChI=1S/C64H92N4O6/c1-7-11-15-19-35-65(36-20-16-12-8-2)49-27-23-45(24-28-49)57-61(71)59(63(57)73-5)53-33-31-51(39-55(53)69)67-41-47-43-68(44-48(47)42-67)52-32-34-54(56(70)40-52)60-62(72)58(64(60)74-6)46-25-29-50(30-26-46)66(37-21-17-13-9-3)38-22-18-14-10-4/h23-34,39-40,47-48,57-59,61-63,69-72H,7-22,35-38,41-44H2,1-6H3. The number of benzene rings is 4. The van der Waals surface area contributed by atoms with E-state index in [0.717, 1.165) is 80.4 Å². The van der Waals surface area contributed by atoms with Gasteiger partial charge in [-0.2, -0.15) is 0 Å². The van der Waals surface area contributed by atoms with Crippen LogP contribution >= 0.6 is 0 Å². The summed E-state index contributed by atoms with van der Waals surface area (Å²) in [6.07, 6.45) is 18.2. The second-order valence-corrected chi connectivity index (χ2v) is 22.3. The summed E-state index contributed by atoms with van der Waals surface area (Å²) in [6.45, 7) is 16.8. The van der Waals surface area contributed by atoms with Crippen LogP contribution in [0.15, 0.2) is 90.7 Å². The minimum absolute atomic E-state index is 0.149. The lowest BCUT2D eigenvalue weighted by molar-refractivity contribution is -0.0991. The third kappa shape index (κ3) is 12.5. The van der Waals surface area contributed by atoms with Gasteiger partial charge in [-0.25, -0.2) is 0 Å². The smallest absolute Gasteiger partial charge is 0.125 e. The molecular weight excluding hydrogens is 921 g/mol. The molecule has 3 fully saturated rings. The summed E-state index contributed by atoms with van der Waals surface area (Å²) in [6, 6.07) is 29.3. The third-order valence-corrected chi connectivity index (χ3v) is 17.3. The monoisotopic (exact) mass is 1010 g/mol. The van der Waals surface area contributed by atoms with Crippen molar-refractivity contribution in [3.63, 3.8) is 0 Å². The van der Waals surface area contributed by atoms with E-state index in [0.29, 0.717) is 28.7 Å². The minimum atomic E-state index is -0.788. The van der Waals surface area contributed by atoms with Crippen molar-refractivity contribution < 1.29 is 29.9 Å². The SMILES string of the molecule is CCCCCCN(CCCCCC)c1ccc(C2C(OC)=C(c3ccc(N4CC5CN(c6ccc(C7C(O)C(c8ccc(N(CCCCCC)CCCCCC)cc8)C7OC)c(O)c6)CC5C4)cc3O)C2O)cc1. The van der Waals surface area contributed by atoms with Crippen LogP contribution in [0.4, 0.5) is 22.7 Å². The number of rotatable bonds is 30. The number of aliphatic hydroxyl groups is 2. The molecule has 0 amide bonds. The van der Waals surface area contributed by atoms with Crippen LogP contribution in [0.25, 0.3) is 5.57 Å². The Bertz CT molecular complexity index is 2350. The highest BCUT2D eigenvalue weighted by Crippen LogP contribution is 2.53. The van der Waals surface area contributed by atoms with E-state index in [-0.39, 0.29) is 35.4 Å². The molecule has 0 bridgehead atoms. The van der Waals surface area contributed by atoms with Crippen molar-refractivity contribution in [2.24, 2.45) is 11.8 Å². The van der Waals surface area contributed by atoms with Crippen molar-refractivity contribution in [2.75, 3.05) is 86.2 Å². The number of ether oxygens (including phenoxy) is 2. The molecule has 8 atom stereocenters. The molecule has 2 aliphatic carbocycles. The topological polar surface area (TPSA) is 112 Å². The number of phenolic OH excluding ortho intramolecular Hbond substituents is 2. The largest absolute Gasteiger partial charge is 0.508 e. The number of aliphatic hydroxyl groups excluding tert-OH is 2. The van der Waals surface area contributed by atoms with Crippen LogP contribution in [-0.2, 0) is 9.47 Å². The van der Waals surface area contributed by atoms with Crippen LogP contribution in [0.1, 0.15) is 170 Å². The van der Waals surface area contributed by atoms with Gasteiger partial charge in [0, 0.05) is 135 Å². The van der Waals surface area contributed by atoms with Crippen LogP contribution < -0.4 is 19.6 Å². The molecule has 0 radical (unpaired) electrons. The Hall–Kier alpha value is -4.90. The molecule has 0 spiro atoms. The van der Waals surface area contributed by atoms with Gasteiger partial charge in [-0.1, -0.05) is 135 Å². The predicted octanol–water partition coefficient (Wildman–Crippen LogP) is 13.4. The highest BCUT2D eigenvalue weighted by atomic mass is 16.5.